The number of methoxy groups -OCH3 is 3. The highest BCUT2D eigenvalue weighted by Gasteiger charge is 2.45. The Bertz CT molecular complexity index is 4770. The van der Waals surface area contributed by atoms with E-state index in [2.05, 4.69) is 58.3 Å². The number of sulfonamides is 1. The van der Waals surface area contributed by atoms with E-state index < -0.39 is 60.0 Å². The SMILES string of the molecule is CCOC(=O)C1=NOC(c2ccccc2)(c2ccccc2)C1.CCc1cc(C)cc(CC)c1-c1c(OC(=O)C(C)(C)C)n2n(c1=O)CCOCC2.COCc1cccc(C(O)c2nc(OC)cc(OC)n2)c1NS(=O)(=O)C(F)F.Cc1c(C(=O)c2c[nH]n(C)c2=O)ccc(S(C)(=O)=O)c1C1=NOCC1. The molecule has 0 bridgehead atoms. The third-order valence-electron chi connectivity index (χ3n) is 16.8. The van der Waals surface area contributed by atoms with Crippen LogP contribution >= 0.6 is 0 Å². The van der Waals surface area contributed by atoms with Crippen LogP contribution in [-0.4, -0.2) is 140 Å². The molecule has 1 atom stereocenters. The van der Waals surface area contributed by atoms with Gasteiger partial charge in [0.25, 0.3) is 21.1 Å². The summed E-state index contributed by atoms with van der Waals surface area (Å²) in [6.07, 6.45) is 3.27. The van der Waals surface area contributed by atoms with Crippen LogP contribution in [-0.2, 0) is 98.5 Å². The molecule has 0 saturated heterocycles. The van der Waals surface area contributed by atoms with Gasteiger partial charge in [-0.15, -0.1) is 0 Å². The van der Waals surface area contributed by atoms with Crippen molar-refractivity contribution in [2.45, 2.75) is 123 Å². The summed E-state index contributed by atoms with van der Waals surface area (Å²) < 4.78 is 111. The maximum Gasteiger partial charge on any atom is 0.356 e. The van der Waals surface area contributed by atoms with Crippen LogP contribution in [0.2, 0.25) is 0 Å². The van der Waals surface area contributed by atoms with Gasteiger partial charge in [-0.2, -0.15) is 18.7 Å². The van der Waals surface area contributed by atoms with Crippen LogP contribution in [0, 0.1) is 19.3 Å². The number of aliphatic hydroxyl groups excluding tert-OH is 1. The Kier molecular flexibility index (Phi) is 26.3. The first kappa shape index (κ1) is 79.5. The number of nitrogens with one attached hydrogen (secondary N) is 2. The van der Waals surface area contributed by atoms with E-state index in [0.717, 1.165) is 46.9 Å². The highest BCUT2D eigenvalue weighted by Crippen LogP contribution is 2.42. The number of hydrogen-bond donors (Lipinski definition) is 3. The Morgan fingerprint density at radius 1 is 0.750 bits per heavy atom. The molecule has 0 aliphatic carbocycles. The number of carbonyl (C=O) groups is 3. The van der Waals surface area contributed by atoms with Crippen molar-refractivity contribution in [2.75, 3.05) is 58.7 Å². The Labute approximate surface area is 600 Å². The number of halogens is 2. The van der Waals surface area contributed by atoms with Crippen LogP contribution in [0.15, 0.2) is 140 Å². The molecule has 0 saturated carbocycles. The number of aryl methyl sites for hydroxylation is 4. The molecular formula is C73H85F2N9O18S2. The lowest BCUT2D eigenvalue weighted by Gasteiger charge is -2.27. The van der Waals surface area contributed by atoms with Crippen molar-refractivity contribution >= 4 is 54.7 Å². The average molecular weight is 1480 g/mol. The van der Waals surface area contributed by atoms with Crippen LogP contribution < -0.4 is 30.1 Å². The molecule has 3 aromatic heterocycles. The van der Waals surface area contributed by atoms with Crippen molar-refractivity contribution < 1.29 is 83.2 Å². The fraction of sp³-hybridized carbons (Fsp3) is 0.384. The zero-order chi connectivity index (χ0) is 76.0. The van der Waals surface area contributed by atoms with Crippen molar-refractivity contribution in [3.05, 3.63) is 203 Å². The third-order valence-corrected chi connectivity index (χ3v) is 18.9. The van der Waals surface area contributed by atoms with Gasteiger partial charge in [0.15, 0.2) is 32.8 Å². The van der Waals surface area contributed by atoms with Crippen molar-refractivity contribution in [1.82, 2.24) is 29.1 Å². The lowest BCUT2D eigenvalue weighted by molar-refractivity contribution is -0.143. The summed E-state index contributed by atoms with van der Waals surface area (Å²) in [7, 11) is -2.97. The third kappa shape index (κ3) is 18.0. The second kappa shape index (κ2) is 34.4. The largest absolute Gasteiger partial charge is 0.481 e. The normalized spacial score (nSPS) is 14.2. The van der Waals surface area contributed by atoms with Gasteiger partial charge in [0.2, 0.25) is 17.6 Å². The number of ether oxygens (including phenoxy) is 6. The minimum atomic E-state index is -5.00. The van der Waals surface area contributed by atoms with E-state index in [1.807, 2.05) is 86.2 Å². The van der Waals surface area contributed by atoms with E-state index in [0.29, 0.717) is 86.4 Å². The molecular weight excluding hydrogens is 1390 g/mol. The first-order valence-electron chi connectivity index (χ1n) is 33.1. The number of carbonyl (C=O) groups excluding carboxylic acids is 3. The van der Waals surface area contributed by atoms with Crippen molar-refractivity contribution in [1.29, 1.82) is 0 Å². The fourth-order valence-corrected chi connectivity index (χ4v) is 13.2. The van der Waals surface area contributed by atoms with Crippen LogP contribution in [0.5, 0.6) is 17.6 Å². The summed E-state index contributed by atoms with van der Waals surface area (Å²) in [5.74, 6) is -4.57. The van der Waals surface area contributed by atoms with Gasteiger partial charge in [0, 0.05) is 66.4 Å². The Morgan fingerprint density at radius 2 is 1.36 bits per heavy atom. The number of aromatic nitrogens is 6. The first-order valence-corrected chi connectivity index (χ1v) is 36.5. The molecule has 5 aromatic carbocycles. The van der Waals surface area contributed by atoms with Gasteiger partial charge in [-0.3, -0.25) is 28.6 Å². The molecule has 6 heterocycles. The number of nitrogens with zero attached hydrogens (tertiary/aromatic N) is 7. The molecule has 0 radical (unpaired) electrons. The molecule has 11 rings (SSSR count). The molecule has 3 aliphatic rings. The number of aliphatic hydroxyl groups is 1. The van der Waals surface area contributed by atoms with E-state index in [9.17, 15) is 54.7 Å². The zero-order valence-electron chi connectivity index (χ0n) is 60.0. The zero-order valence-corrected chi connectivity index (χ0v) is 61.6. The second-order valence-corrected chi connectivity index (χ2v) is 28.7. The maximum atomic E-state index is 13.5. The molecule has 3 N–H and O–H groups in total. The Hall–Kier alpha value is -10.2. The molecule has 0 spiro atoms. The first-order chi connectivity index (χ1) is 49.4. The molecule has 0 fully saturated rings. The van der Waals surface area contributed by atoms with Gasteiger partial charge in [-0.1, -0.05) is 121 Å². The van der Waals surface area contributed by atoms with E-state index in [4.69, 9.17) is 38.1 Å². The maximum absolute atomic E-state index is 13.5. The number of ketones is 1. The predicted molar refractivity (Wildman–Crippen MR) is 383 cm³/mol. The number of para-hydroxylation sites is 1. The smallest absolute Gasteiger partial charge is 0.356 e. The van der Waals surface area contributed by atoms with Gasteiger partial charge >= 0.3 is 17.7 Å². The average Bonchev–Trinajstić information content (AvgIpc) is 1.59. The molecule has 0 amide bonds. The molecule has 104 heavy (non-hydrogen) atoms. The number of benzene rings is 5. The number of sulfone groups is 1. The number of hydrogen-bond acceptors (Lipinski definition) is 22. The van der Waals surface area contributed by atoms with Crippen LogP contribution in [0.25, 0.3) is 11.1 Å². The lowest BCUT2D eigenvalue weighted by atomic mass is 9.82. The number of oxime groups is 2. The molecule has 8 aromatic rings. The molecule has 3 aliphatic heterocycles. The number of H-pyrrole nitrogens is 1. The van der Waals surface area contributed by atoms with Crippen LogP contribution in [0.3, 0.4) is 0 Å². The number of aromatic amines is 1. The summed E-state index contributed by atoms with van der Waals surface area (Å²) in [6.45, 7) is 17.5. The van der Waals surface area contributed by atoms with E-state index >= 15 is 0 Å². The monoisotopic (exact) mass is 1480 g/mol. The van der Waals surface area contributed by atoms with Gasteiger partial charge in [0.1, 0.15) is 23.8 Å². The van der Waals surface area contributed by atoms with Crippen LogP contribution in [0.1, 0.15) is 132 Å². The topological polar surface area (TPSA) is 341 Å². The number of anilines is 1. The predicted octanol–water partition coefficient (Wildman–Crippen LogP) is 9.47. The lowest BCUT2D eigenvalue weighted by Crippen LogP contribution is -2.29. The highest BCUT2D eigenvalue weighted by molar-refractivity contribution is 7.93. The fourth-order valence-electron chi connectivity index (χ4n) is 11.6. The number of fused-ring (bicyclic) bond motifs is 1. The van der Waals surface area contributed by atoms with E-state index in [1.54, 1.807) is 23.2 Å². The molecule has 1 unspecified atom stereocenters. The van der Waals surface area contributed by atoms with Crippen molar-refractivity contribution in [3.8, 4) is 28.8 Å². The summed E-state index contributed by atoms with van der Waals surface area (Å²) >= 11 is 0. The number of esters is 2. The number of alkyl halides is 2. The van der Waals surface area contributed by atoms with Gasteiger partial charge < -0.3 is 48.3 Å². The Morgan fingerprint density at radius 3 is 1.87 bits per heavy atom. The Balaban J connectivity index is 0.000000176. The minimum absolute atomic E-state index is 0.00623. The van der Waals surface area contributed by atoms with E-state index in [-0.39, 0.29) is 68.6 Å². The van der Waals surface area contributed by atoms with Gasteiger partial charge in [-0.05, 0) is 88.8 Å². The van der Waals surface area contributed by atoms with E-state index in [1.165, 1.54) is 81.2 Å². The minimum Gasteiger partial charge on any atom is -0.481 e. The van der Waals surface area contributed by atoms with Crippen molar-refractivity contribution in [3.63, 3.8) is 0 Å². The van der Waals surface area contributed by atoms with Gasteiger partial charge in [0.05, 0.1) is 87.9 Å². The molecule has 27 nitrogen and oxygen atoms in total. The number of rotatable bonds is 21. The highest BCUT2D eigenvalue weighted by atomic mass is 32.2. The summed E-state index contributed by atoms with van der Waals surface area (Å²) in [6, 6.07) is 32.4. The molecule has 556 valence electrons. The summed E-state index contributed by atoms with van der Waals surface area (Å²) in [5.41, 5.74) is 6.51. The van der Waals surface area contributed by atoms with Crippen LogP contribution in [0.4, 0.5) is 14.5 Å². The van der Waals surface area contributed by atoms with Crippen molar-refractivity contribution in [2.24, 2.45) is 22.8 Å². The summed E-state index contributed by atoms with van der Waals surface area (Å²) in [4.78, 5) is 82.0. The van der Waals surface area contributed by atoms with Gasteiger partial charge in [-0.25, -0.2) is 31.0 Å². The molecule has 31 heteroatoms. The quantitative estimate of drug-likeness (QED) is 0.0445. The summed E-state index contributed by atoms with van der Waals surface area (Å²) in [5, 5.41) is 21.3. The second-order valence-electron chi connectivity index (χ2n) is 25.1. The standard InChI is InChI=1S/C23H32N2O4.C18H17NO3.C16H19F2N3O6S.C16H17N3O5S/c1-7-16-13-15(3)14-17(8-2)18(16)19-20(26)24-9-11-28-12-10-25(24)21(19)29-22(27)23(4,5)6;1-2-21-17(20)16-13-18(22-19-16,14-9-5-3-6-10-14)15-11-7-4-8-12-15;1-25-8-9-5-4-6-10(13(9)21-28(23,24)16(17)18)14(22)15-19-11(26-2)7-12(20-15)27-3;1-9-10(15(20)11-8-17-19(2)16(11)21)4-5-13(25(3,22)23)14(9)12-6-7-24-18-12/h13-14H,7-12H2,1-6H3;3-12H,2,13H2,1H3;4-7,14,16,21-22H,8H2,1-3H3;4-5,8,17H,6-7H2,1-3H3.